The molecule has 1 aliphatic heterocycles. The number of nitrogens with one attached hydrogen (secondary N) is 1. The summed E-state index contributed by atoms with van der Waals surface area (Å²) in [5, 5.41) is 13.7. The van der Waals surface area contributed by atoms with Crippen LogP contribution in [0.2, 0.25) is 0 Å². The summed E-state index contributed by atoms with van der Waals surface area (Å²) in [6, 6.07) is 11.8. The highest BCUT2D eigenvalue weighted by Crippen LogP contribution is 2.32. The van der Waals surface area contributed by atoms with Gasteiger partial charge in [0.05, 0.1) is 11.5 Å². The minimum absolute atomic E-state index is 0.122. The Hall–Kier alpha value is -3.13. The van der Waals surface area contributed by atoms with E-state index in [2.05, 4.69) is 5.32 Å². The van der Waals surface area contributed by atoms with Crippen LogP contribution in [-0.2, 0) is 11.3 Å². The number of nitro groups is 1. The Kier molecular flexibility index (Phi) is 5.33. The number of carbonyl (C=O) groups excluding carboxylic acids is 1. The van der Waals surface area contributed by atoms with Crippen molar-refractivity contribution < 1.29 is 19.2 Å². The van der Waals surface area contributed by atoms with Gasteiger partial charge >= 0.3 is 0 Å². The summed E-state index contributed by atoms with van der Waals surface area (Å²) in [5.74, 6) is 1.11. The molecule has 0 fully saturated rings. The summed E-state index contributed by atoms with van der Waals surface area (Å²) in [7, 11) is 0. The van der Waals surface area contributed by atoms with Crippen LogP contribution in [0.25, 0.3) is 0 Å². The summed E-state index contributed by atoms with van der Waals surface area (Å²) in [4.78, 5) is 24.8. The first-order valence-corrected chi connectivity index (χ1v) is 8.21. The quantitative estimate of drug-likeness (QED) is 0.605. The van der Waals surface area contributed by atoms with Crippen LogP contribution in [0.5, 0.6) is 11.5 Å². The number of ether oxygens (including phenoxy) is 2. The van der Waals surface area contributed by atoms with Gasteiger partial charge in [0.25, 0.3) is 5.69 Å². The topological polar surface area (TPSA) is 93.9 Å². The second-order valence-electron chi connectivity index (χ2n) is 5.81. The van der Waals surface area contributed by atoms with Crippen molar-refractivity contribution in [2.75, 3.05) is 25.2 Å². The van der Waals surface area contributed by atoms with Gasteiger partial charge in [-0.2, -0.15) is 0 Å². The van der Waals surface area contributed by atoms with Gasteiger partial charge in [0.2, 0.25) is 12.7 Å². The lowest BCUT2D eigenvalue weighted by atomic mass is 10.2. The maximum atomic E-state index is 12.3. The first kappa shape index (κ1) is 17.7. The highest BCUT2D eigenvalue weighted by Gasteiger charge is 2.18. The van der Waals surface area contributed by atoms with E-state index in [-0.39, 0.29) is 30.6 Å². The lowest BCUT2D eigenvalue weighted by Gasteiger charge is -2.20. The van der Waals surface area contributed by atoms with E-state index in [1.807, 2.05) is 30.0 Å². The fourth-order valence-electron chi connectivity index (χ4n) is 2.71. The van der Waals surface area contributed by atoms with Crippen LogP contribution in [0.15, 0.2) is 42.5 Å². The van der Waals surface area contributed by atoms with Gasteiger partial charge in [-0.3, -0.25) is 19.8 Å². The van der Waals surface area contributed by atoms with Gasteiger partial charge in [0, 0.05) is 12.6 Å². The predicted molar refractivity (Wildman–Crippen MR) is 95.2 cm³/mol. The van der Waals surface area contributed by atoms with Crippen LogP contribution in [0, 0.1) is 10.1 Å². The van der Waals surface area contributed by atoms with Gasteiger partial charge in [0.1, 0.15) is 5.69 Å². The summed E-state index contributed by atoms with van der Waals surface area (Å²) < 4.78 is 10.7. The van der Waals surface area contributed by atoms with Gasteiger partial charge in [-0.1, -0.05) is 25.1 Å². The maximum Gasteiger partial charge on any atom is 0.292 e. The Labute approximate surface area is 150 Å². The minimum atomic E-state index is -0.514. The van der Waals surface area contributed by atoms with Crippen molar-refractivity contribution in [1.29, 1.82) is 0 Å². The summed E-state index contributed by atoms with van der Waals surface area (Å²) in [6.45, 7) is 3.49. The van der Waals surface area contributed by atoms with E-state index in [1.54, 1.807) is 12.1 Å². The normalized spacial score (nSPS) is 12.2. The predicted octanol–water partition coefficient (Wildman–Crippen LogP) is 2.78. The van der Waals surface area contributed by atoms with Crippen molar-refractivity contribution in [3.05, 3.63) is 58.1 Å². The zero-order chi connectivity index (χ0) is 18.5. The van der Waals surface area contributed by atoms with Gasteiger partial charge in [-0.05, 0) is 30.3 Å². The van der Waals surface area contributed by atoms with Gasteiger partial charge in [-0.25, -0.2) is 0 Å². The molecule has 1 aliphatic rings. The van der Waals surface area contributed by atoms with Gasteiger partial charge < -0.3 is 14.8 Å². The van der Waals surface area contributed by atoms with Crippen LogP contribution in [0.4, 0.5) is 11.4 Å². The van der Waals surface area contributed by atoms with Crippen molar-refractivity contribution in [3.8, 4) is 11.5 Å². The second kappa shape index (κ2) is 7.83. The van der Waals surface area contributed by atoms with Crippen LogP contribution in [0.3, 0.4) is 0 Å². The monoisotopic (exact) mass is 357 g/mol. The lowest BCUT2D eigenvalue weighted by molar-refractivity contribution is -0.383. The smallest absolute Gasteiger partial charge is 0.292 e. The largest absolute Gasteiger partial charge is 0.454 e. The maximum absolute atomic E-state index is 12.3. The Bertz CT molecular complexity index is 824. The van der Waals surface area contributed by atoms with E-state index in [0.717, 1.165) is 5.56 Å². The first-order chi connectivity index (χ1) is 12.6. The molecule has 26 heavy (non-hydrogen) atoms. The first-order valence-electron chi connectivity index (χ1n) is 8.21. The van der Waals surface area contributed by atoms with E-state index >= 15 is 0 Å². The molecular formula is C18H19N3O5. The molecule has 2 aromatic carbocycles. The van der Waals surface area contributed by atoms with E-state index in [0.29, 0.717) is 24.6 Å². The van der Waals surface area contributed by atoms with E-state index in [4.69, 9.17) is 9.47 Å². The molecule has 2 aromatic rings. The SMILES string of the molecule is CCN(CC(=O)Nc1ccccc1[N+](=O)[O-])Cc1ccc2c(c1)OCO2. The number of anilines is 1. The number of para-hydroxylation sites is 2. The summed E-state index contributed by atoms with van der Waals surface area (Å²) in [6.07, 6.45) is 0. The molecule has 3 rings (SSSR count). The van der Waals surface area contributed by atoms with Gasteiger partial charge in [0.15, 0.2) is 11.5 Å². The molecule has 8 heteroatoms. The van der Waals surface area contributed by atoms with Crippen molar-refractivity contribution in [2.45, 2.75) is 13.5 Å². The molecule has 0 bridgehead atoms. The third-order valence-electron chi connectivity index (χ3n) is 4.03. The molecule has 1 N–H and O–H groups in total. The van der Waals surface area contributed by atoms with Crippen LogP contribution < -0.4 is 14.8 Å². The zero-order valence-electron chi connectivity index (χ0n) is 14.3. The van der Waals surface area contributed by atoms with Crippen LogP contribution in [0.1, 0.15) is 12.5 Å². The number of likely N-dealkylation sites (N-methyl/N-ethyl adjacent to an activating group) is 1. The molecule has 0 saturated carbocycles. The standard InChI is InChI=1S/C18H19N3O5/c1-2-20(10-13-7-8-16-17(9-13)26-12-25-16)11-18(22)19-14-5-3-4-6-15(14)21(23)24/h3-9H,2,10-12H2,1H3,(H,19,22). The van der Waals surface area contributed by atoms with Crippen LogP contribution in [-0.4, -0.2) is 35.6 Å². The lowest BCUT2D eigenvalue weighted by Crippen LogP contribution is -2.32. The molecule has 0 aliphatic carbocycles. The minimum Gasteiger partial charge on any atom is -0.454 e. The Balaban J connectivity index is 1.63. The third-order valence-corrected chi connectivity index (χ3v) is 4.03. The molecular weight excluding hydrogens is 338 g/mol. The third kappa shape index (κ3) is 4.09. The zero-order valence-corrected chi connectivity index (χ0v) is 14.3. The molecule has 0 aromatic heterocycles. The summed E-state index contributed by atoms with van der Waals surface area (Å²) >= 11 is 0. The second-order valence-corrected chi connectivity index (χ2v) is 5.81. The molecule has 0 unspecified atom stereocenters. The number of benzene rings is 2. The molecule has 136 valence electrons. The molecule has 8 nitrogen and oxygen atoms in total. The molecule has 1 heterocycles. The molecule has 1 amide bonds. The fraction of sp³-hybridized carbons (Fsp3) is 0.278. The van der Waals surface area contributed by atoms with E-state index in [1.165, 1.54) is 12.1 Å². The number of hydrogen-bond acceptors (Lipinski definition) is 6. The highest BCUT2D eigenvalue weighted by molar-refractivity contribution is 5.94. The molecule has 0 saturated heterocycles. The van der Waals surface area contributed by atoms with Gasteiger partial charge in [-0.15, -0.1) is 0 Å². The average molecular weight is 357 g/mol. The van der Waals surface area contributed by atoms with Crippen molar-refractivity contribution in [1.82, 2.24) is 4.90 Å². The van der Waals surface area contributed by atoms with Crippen LogP contribution >= 0.6 is 0 Å². The summed E-state index contributed by atoms with van der Waals surface area (Å²) in [5.41, 5.74) is 1.07. The van der Waals surface area contributed by atoms with E-state index in [9.17, 15) is 14.9 Å². The number of carbonyl (C=O) groups is 1. The Morgan fingerprint density at radius 2 is 2.00 bits per heavy atom. The number of amides is 1. The number of hydrogen-bond donors (Lipinski definition) is 1. The average Bonchev–Trinajstić information content (AvgIpc) is 3.09. The Morgan fingerprint density at radius 1 is 1.23 bits per heavy atom. The number of nitrogens with zero attached hydrogens (tertiary/aromatic N) is 2. The van der Waals surface area contributed by atoms with E-state index < -0.39 is 4.92 Å². The van der Waals surface area contributed by atoms with Crippen molar-refractivity contribution >= 4 is 17.3 Å². The molecule has 0 atom stereocenters. The molecule has 0 radical (unpaired) electrons. The van der Waals surface area contributed by atoms with Crippen molar-refractivity contribution in [3.63, 3.8) is 0 Å². The number of nitro benzene ring substituents is 1. The molecule has 0 spiro atoms. The Morgan fingerprint density at radius 3 is 2.77 bits per heavy atom. The number of fused-ring (bicyclic) bond motifs is 1. The van der Waals surface area contributed by atoms with Crippen molar-refractivity contribution in [2.24, 2.45) is 0 Å². The highest BCUT2D eigenvalue weighted by atomic mass is 16.7. The number of rotatable bonds is 7. The fourth-order valence-corrected chi connectivity index (χ4v) is 2.71.